The van der Waals surface area contributed by atoms with E-state index in [0.29, 0.717) is 17.4 Å². The lowest BCUT2D eigenvalue weighted by atomic mass is 10.1. The molecular weight excluding hydrogens is 411 g/mol. The number of hydrogen-bond donors (Lipinski definition) is 0. The molecule has 0 aliphatic carbocycles. The van der Waals surface area contributed by atoms with Crippen molar-refractivity contribution >= 4 is 38.5 Å². The molecule has 0 saturated carbocycles. The first-order valence-corrected chi connectivity index (χ1v) is 11.9. The number of unbranched alkanes of at least 4 members (excludes halogenated alkanes) is 1. The Morgan fingerprint density at radius 3 is 2.03 bits per heavy atom. The van der Waals surface area contributed by atoms with Gasteiger partial charge < -0.3 is 14.5 Å². The zero-order valence-corrected chi connectivity index (χ0v) is 17.8. The van der Waals surface area contributed by atoms with E-state index in [1.165, 1.54) is 12.1 Å². The van der Waals surface area contributed by atoms with Crippen LogP contribution in [-0.4, -0.2) is 43.7 Å². The maximum Gasteiger partial charge on any atom is 0.181 e. The molecule has 8 heteroatoms. The zero-order valence-electron chi connectivity index (χ0n) is 16.1. The van der Waals surface area contributed by atoms with Crippen LogP contribution >= 0.6 is 12.2 Å². The molecular formula is C21H23FN2O3S2. The molecule has 154 valence electrons. The molecule has 0 aromatic heterocycles. The first-order valence-electron chi connectivity index (χ1n) is 9.71. The molecule has 2 fully saturated rings. The summed E-state index contributed by atoms with van der Waals surface area (Å²) >= 11 is 5.74. The Morgan fingerprint density at radius 2 is 1.52 bits per heavy atom. The molecule has 2 heterocycles. The van der Waals surface area contributed by atoms with E-state index < -0.39 is 9.84 Å². The largest absolute Gasteiger partial charge is 0.494 e. The Morgan fingerprint density at radius 1 is 1.00 bits per heavy atom. The summed E-state index contributed by atoms with van der Waals surface area (Å²) in [4.78, 5) is 3.75. The van der Waals surface area contributed by atoms with Crippen molar-refractivity contribution in [2.24, 2.45) is 0 Å². The second kappa shape index (κ2) is 7.91. The van der Waals surface area contributed by atoms with Crippen molar-refractivity contribution in [1.29, 1.82) is 0 Å². The van der Waals surface area contributed by atoms with Crippen molar-refractivity contribution < 1.29 is 17.5 Å². The van der Waals surface area contributed by atoms with E-state index in [1.807, 2.05) is 34.1 Å². The highest BCUT2D eigenvalue weighted by atomic mass is 32.2. The molecule has 2 aliphatic rings. The topological polar surface area (TPSA) is 49.9 Å². The van der Waals surface area contributed by atoms with Gasteiger partial charge in [-0.2, -0.15) is 0 Å². The quantitative estimate of drug-likeness (QED) is 0.509. The third-order valence-electron chi connectivity index (χ3n) is 5.36. The number of sulfone groups is 1. The fourth-order valence-electron chi connectivity index (χ4n) is 3.95. The number of nitrogens with zero attached hydrogens (tertiary/aromatic N) is 2. The van der Waals surface area contributed by atoms with Gasteiger partial charge in [-0.25, -0.2) is 12.8 Å². The first-order chi connectivity index (χ1) is 13.9. The molecule has 2 saturated heterocycles. The van der Waals surface area contributed by atoms with Crippen molar-refractivity contribution in [2.75, 3.05) is 27.9 Å². The maximum atomic E-state index is 13.4. The Labute approximate surface area is 176 Å². The Balaban J connectivity index is 1.64. The van der Waals surface area contributed by atoms with Crippen molar-refractivity contribution in [3.8, 4) is 5.75 Å². The van der Waals surface area contributed by atoms with Gasteiger partial charge in [0, 0.05) is 11.4 Å². The van der Waals surface area contributed by atoms with Gasteiger partial charge >= 0.3 is 0 Å². The first kappa shape index (κ1) is 20.1. The highest BCUT2D eigenvalue weighted by Crippen LogP contribution is 2.38. The average Bonchev–Trinajstić information content (AvgIpc) is 3.12. The van der Waals surface area contributed by atoms with Gasteiger partial charge in [-0.3, -0.25) is 0 Å². The standard InChI is InChI=1S/C21H23FN2O3S2/c1-2-3-12-27-18-10-8-17(9-11-18)24-20-14-29(25,26)13-19(20)23(21(24)28)16-6-4-15(22)5-7-16/h4-11,19-20H,2-3,12-14H2,1H3. The Bertz CT molecular complexity index is 994. The van der Waals surface area contributed by atoms with E-state index in [-0.39, 0.29) is 29.4 Å². The monoisotopic (exact) mass is 434 g/mol. The molecule has 0 amide bonds. The number of halogens is 1. The van der Waals surface area contributed by atoms with Crippen LogP contribution < -0.4 is 14.5 Å². The van der Waals surface area contributed by atoms with Crippen LogP contribution in [0.1, 0.15) is 19.8 Å². The van der Waals surface area contributed by atoms with Crippen molar-refractivity contribution in [2.45, 2.75) is 31.8 Å². The van der Waals surface area contributed by atoms with E-state index in [1.54, 1.807) is 12.1 Å². The average molecular weight is 435 g/mol. The van der Waals surface area contributed by atoms with E-state index in [0.717, 1.165) is 24.3 Å². The van der Waals surface area contributed by atoms with E-state index in [9.17, 15) is 12.8 Å². The van der Waals surface area contributed by atoms with Crippen LogP contribution in [0.5, 0.6) is 5.75 Å². The summed E-state index contributed by atoms with van der Waals surface area (Å²) < 4.78 is 43.9. The van der Waals surface area contributed by atoms with Crippen molar-refractivity contribution in [3.63, 3.8) is 0 Å². The maximum absolute atomic E-state index is 13.4. The fraction of sp³-hybridized carbons (Fsp3) is 0.381. The van der Waals surface area contributed by atoms with Gasteiger partial charge in [-0.1, -0.05) is 13.3 Å². The summed E-state index contributed by atoms with van der Waals surface area (Å²) in [6.07, 6.45) is 2.06. The Kier molecular flexibility index (Phi) is 5.48. The van der Waals surface area contributed by atoms with Gasteiger partial charge in [0.1, 0.15) is 11.6 Å². The number of thiocarbonyl (C=S) groups is 1. The van der Waals surface area contributed by atoms with Crippen LogP contribution in [0.2, 0.25) is 0 Å². The lowest BCUT2D eigenvalue weighted by Crippen LogP contribution is -2.37. The van der Waals surface area contributed by atoms with Crippen molar-refractivity contribution in [3.05, 3.63) is 54.3 Å². The fourth-order valence-corrected chi connectivity index (χ4v) is 6.35. The molecule has 0 bridgehead atoms. The van der Waals surface area contributed by atoms with Crippen LogP contribution in [0.15, 0.2) is 48.5 Å². The van der Waals surface area contributed by atoms with Crippen LogP contribution in [-0.2, 0) is 9.84 Å². The molecule has 0 N–H and O–H groups in total. The number of rotatable bonds is 6. The highest BCUT2D eigenvalue weighted by molar-refractivity contribution is 7.91. The third-order valence-corrected chi connectivity index (χ3v) is 7.45. The van der Waals surface area contributed by atoms with Gasteiger partial charge in [0.15, 0.2) is 14.9 Å². The predicted molar refractivity (Wildman–Crippen MR) is 117 cm³/mol. The highest BCUT2D eigenvalue weighted by Gasteiger charge is 2.52. The molecule has 2 aliphatic heterocycles. The lowest BCUT2D eigenvalue weighted by molar-refractivity contribution is 0.309. The summed E-state index contributed by atoms with van der Waals surface area (Å²) in [5.41, 5.74) is 1.53. The normalized spacial score (nSPS) is 22.8. The second-order valence-electron chi connectivity index (χ2n) is 7.41. The summed E-state index contributed by atoms with van der Waals surface area (Å²) in [5.74, 6) is 0.511. The van der Waals surface area contributed by atoms with Crippen LogP contribution in [0, 0.1) is 5.82 Å². The molecule has 2 unspecified atom stereocenters. The number of benzene rings is 2. The number of ether oxygens (including phenoxy) is 1. The Hall–Kier alpha value is -2.19. The minimum Gasteiger partial charge on any atom is -0.494 e. The molecule has 2 aromatic rings. The second-order valence-corrected chi connectivity index (χ2v) is 9.93. The summed E-state index contributed by atoms with van der Waals surface area (Å²) in [6, 6.07) is 13.0. The zero-order chi connectivity index (χ0) is 20.6. The van der Waals surface area contributed by atoms with Gasteiger partial charge in [0.25, 0.3) is 0 Å². The smallest absolute Gasteiger partial charge is 0.181 e. The van der Waals surface area contributed by atoms with Crippen LogP contribution in [0.4, 0.5) is 15.8 Å². The lowest BCUT2D eigenvalue weighted by Gasteiger charge is -2.26. The summed E-state index contributed by atoms with van der Waals surface area (Å²) in [7, 11) is -3.18. The molecule has 29 heavy (non-hydrogen) atoms. The molecule has 2 atom stereocenters. The van der Waals surface area contributed by atoms with Gasteiger partial charge in [-0.05, 0) is 67.2 Å². The number of fused-ring (bicyclic) bond motifs is 1. The summed E-state index contributed by atoms with van der Waals surface area (Å²) in [6.45, 7) is 2.78. The molecule has 4 rings (SSSR count). The predicted octanol–water partition coefficient (Wildman–Crippen LogP) is 3.78. The molecule has 0 radical (unpaired) electrons. The minimum atomic E-state index is -3.18. The SMILES string of the molecule is CCCCOc1ccc(N2C(=S)N(c3ccc(F)cc3)C3CS(=O)(=O)CC32)cc1. The molecule has 0 spiro atoms. The van der Waals surface area contributed by atoms with E-state index >= 15 is 0 Å². The van der Waals surface area contributed by atoms with Gasteiger partial charge in [0.05, 0.1) is 30.2 Å². The third kappa shape index (κ3) is 3.96. The number of hydrogen-bond acceptors (Lipinski definition) is 4. The van der Waals surface area contributed by atoms with E-state index in [2.05, 4.69) is 6.92 Å². The van der Waals surface area contributed by atoms with E-state index in [4.69, 9.17) is 17.0 Å². The van der Waals surface area contributed by atoms with Crippen LogP contribution in [0.3, 0.4) is 0 Å². The van der Waals surface area contributed by atoms with Crippen LogP contribution in [0.25, 0.3) is 0 Å². The van der Waals surface area contributed by atoms with Gasteiger partial charge in [-0.15, -0.1) is 0 Å². The van der Waals surface area contributed by atoms with Crippen molar-refractivity contribution in [1.82, 2.24) is 0 Å². The minimum absolute atomic E-state index is 0.0316. The molecule has 5 nitrogen and oxygen atoms in total. The molecule has 2 aromatic carbocycles. The summed E-state index contributed by atoms with van der Waals surface area (Å²) in [5, 5.41) is 0.529. The number of anilines is 2. The van der Waals surface area contributed by atoms with Gasteiger partial charge in [0.2, 0.25) is 0 Å².